The first-order chi connectivity index (χ1) is 10.5. The van der Waals surface area contributed by atoms with Crippen molar-refractivity contribution in [2.45, 2.75) is 44.1 Å². The number of carbonyl (C=O) groups excluding carboxylic acids is 3. The molecule has 0 aromatic rings. The molecule has 0 bridgehead atoms. The lowest BCUT2D eigenvalue weighted by atomic mass is 9.79. The minimum Gasteiger partial charge on any atom is -0.469 e. The fourth-order valence-electron chi connectivity index (χ4n) is 3.22. The van der Waals surface area contributed by atoms with Crippen LogP contribution >= 0.6 is 0 Å². The number of methoxy groups -OCH3 is 1. The number of hydrogen-bond acceptors (Lipinski definition) is 5. The predicted molar refractivity (Wildman–Crippen MR) is 80.0 cm³/mol. The number of esters is 1. The van der Waals surface area contributed by atoms with E-state index < -0.39 is 0 Å². The van der Waals surface area contributed by atoms with Crippen molar-refractivity contribution >= 4 is 17.8 Å². The Morgan fingerprint density at radius 3 is 2.68 bits per heavy atom. The monoisotopic (exact) mass is 311 g/mol. The Balaban J connectivity index is 1.91. The van der Waals surface area contributed by atoms with E-state index in [0.717, 1.165) is 32.1 Å². The highest BCUT2D eigenvalue weighted by Gasteiger charge is 2.35. The Morgan fingerprint density at radius 1 is 1.32 bits per heavy atom. The molecule has 2 amide bonds. The Hall–Kier alpha value is -1.63. The van der Waals surface area contributed by atoms with Gasteiger partial charge in [0, 0.05) is 18.6 Å². The van der Waals surface area contributed by atoms with Crippen molar-refractivity contribution in [3.63, 3.8) is 0 Å². The molecule has 22 heavy (non-hydrogen) atoms. The van der Waals surface area contributed by atoms with Crippen molar-refractivity contribution < 1.29 is 19.1 Å². The Morgan fingerprint density at radius 2 is 2.05 bits per heavy atom. The van der Waals surface area contributed by atoms with E-state index in [4.69, 9.17) is 4.74 Å². The number of hydrogen-bond donors (Lipinski definition) is 2. The van der Waals surface area contributed by atoms with Crippen molar-refractivity contribution in [3.05, 3.63) is 0 Å². The van der Waals surface area contributed by atoms with Gasteiger partial charge in [0.05, 0.1) is 26.6 Å². The van der Waals surface area contributed by atoms with Crippen molar-refractivity contribution in [1.29, 1.82) is 0 Å². The van der Waals surface area contributed by atoms with E-state index in [0.29, 0.717) is 13.1 Å². The quantitative estimate of drug-likeness (QED) is 0.687. The number of nitrogens with zero attached hydrogens (tertiary/aromatic N) is 1. The van der Waals surface area contributed by atoms with Crippen LogP contribution in [0.2, 0.25) is 0 Å². The van der Waals surface area contributed by atoms with Gasteiger partial charge in [0.1, 0.15) is 0 Å². The number of piperazine rings is 1. The van der Waals surface area contributed by atoms with Crippen LogP contribution in [0.5, 0.6) is 0 Å². The summed E-state index contributed by atoms with van der Waals surface area (Å²) in [6, 6.07) is 0. The van der Waals surface area contributed by atoms with Gasteiger partial charge in [-0.1, -0.05) is 19.3 Å². The Bertz CT molecular complexity index is 433. The summed E-state index contributed by atoms with van der Waals surface area (Å²) >= 11 is 0. The van der Waals surface area contributed by atoms with E-state index >= 15 is 0 Å². The van der Waals surface area contributed by atoms with Crippen LogP contribution in [0.25, 0.3) is 0 Å². The first-order valence-electron chi connectivity index (χ1n) is 7.91. The van der Waals surface area contributed by atoms with Gasteiger partial charge in [-0.25, -0.2) is 0 Å². The number of ether oxygens (including phenoxy) is 1. The fourth-order valence-corrected chi connectivity index (χ4v) is 3.22. The Labute approximate surface area is 130 Å². The standard InChI is InChI=1S/C15H25N3O4/c1-22-14(21)9-15(5-3-2-4-6-15)17-10-13(20)18-8-7-16-12(19)11-18/h17H,2-11H2,1H3,(H,16,19). The van der Waals surface area contributed by atoms with Crippen molar-refractivity contribution in [3.8, 4) is 0 Å². The van der Waals surface area contributed by atoms with E-state index in [1.54, 1.807) is 4.90 Å². The van der Waals surface area contributed by atoms with Gasteiger partial charge < -0.3 is 20.3 Å². The lowest BCUT2D eigenvalue weighted by Gasteiger charge is -2.38. The molecule has 0 spiro atoms. The van der Waals surface area contributed by atoms with Crippen molar-refractivity contribution in [2.24, 2.45) is 0 Å². The number of carbonyl (C=O) groups is 3. The van der Waals surface area contributed by atoms with Crippen molar-refractivity contribution in [1.82, 2.24) is 15.5 Å². The highest BCUT2D eigenvalue weighted by atomic mass is 16.5. The highest BCUT2D eigenvalue weighted by Crippen LogP contribution is 2.31. The van der Waals surface area contributed by atoms with E-state index in [2.05, 4.69) is 10.6 Å². The average molecular weight is 311 g/mol. The first kappa shape index (κ1) is 16.7. The largest absolute Gasteiger partial charge is 0.469 e. The summed E-state index contributed by atoms with van der Waals surface area (Å²) in [6.45, 7) is 1.31. The van der Waals surface area contributed by atoms with Crippen LogP contribution in [-0.2, 0) is 19.1 Å². The molecule has 0 atom stereocenters. The van der Waals surface area contributed by atoms with E-state index in [1.807, 2.05) is 0 Å². The molecular formula is C15H25N3O4. The topological polar surface area (TPSA) is 87.7 Å². The number of nitrogens with one attached hydrogen (secondary N) is 2. The lowest BCUT2D eigenvalue weighted by molar-refractivity contribution is -0.143. The average Bonchev–Trinajstić information content (AvgIpc) is 2.53. The zero-order valence-electron chi connectivity index (χ0n) is 13.2. The van der Waals surface area contributed by atoms with Gasteiger partial charge in [0.15, 0.2) is 0 Å². The lowest BCUT2D eigenvalue weighted by Crippen LogP contribution is -2.55. The second-order valence-electron chi connectivity index (χ2n) is 6.11. The Kier molecular flexibility index (Phi) is 5.76. The summed E-state index contributed by atoms with van der Waals surface area (Å²) < 4.78 is 4.79. The van der Waals surface area contributed by atoms with Crippen LogP contribution < -0.4 is 10.6 Å². The zero-order valence-corrected chi connectivity index (χ0v) is 13.2. The second kappa shape index (κ2) is 7.58. The van der Waals surface area contributed by atoms with Gasteiger partial charge in [-0.05, 0) is 12.8 Å². The van der Waals surface area contributed by atoms with Crippen LogP contribution in [0.1, 0.15) is 38.5 Å². The molecule has 7 nitrogen and oxygen atoms in total. The summed E-state index contributed by atoms with van der Waals surface area (Å²) in [4.78, 5) is 36.8. The molecule has 2 rings (SSSR count). The summed E-state index contributed by atoms with van der Waals surface area (Å²) in [5.41, 5.74) is -0.348. The third kappa shape index (κ3) is 4.43. The molecule has 2 fully saturated rings. The molecule has 0 aromatic carbocycles. The first-order valence-corrected chi connectivity index (χ1v) is 7.91. The maximum atomic E-state index is 12.3. The summed E-state index contributed by atoms with van der Waals surface area (Å²) in [7, 11) is 1.39. The molecule has 124 valence electrons. The van der Waals surface area contributed by atoms with E-state index in [9.17, 15) is 14.4 Å². The number of amides is 2. The van der Waals surface area contributed by atoms with E-state index in [-0.39, 0.29) is 42.8 Å². The molecule has 1 heterocycles. The zero-order chi connectivity index (χ0) is 16.0. The molecule has 1 saturated heterocycles. The third-order valence-electron chi connectivity index (χ3n) is 4.53. The second-order valence-corrected chi connectivity index (χ2v) is 6.11. The molecule has 0 aromatic heterocycles. The molecule has 0 radical (unpaired) electrons. The summed E-state index contributed by atoms with van der Waals surface area (Å²) in [5.74, 6) is -0.467. The van der Waals surface area contributed by atoms with Crippen LogP contribution in [0.3, 0.4) is 0 Å². The minimum atomic E-state index is -0.348. The molecule has 2 aliphatic rings. The fraction of sp³-hybridized carbons (Fsp3) is 0.800. The minimum absolute atomic E-state index is 0.0929. The van der Waals surface area contributed by atoms with E-state index in [1.165, 1.54) is 7.11 Å². The molecule has 1 aliphatic carbocycles. The maximum Gasteiger partial charge on any atom is 0.307 e. The van der Waals surface area contributed by atoms with Gasteiger partial charge in [0.2, 0.25) is 11.8 Å². The van der Waals surface area contributed by atoms with Crippen molar-refractivity contribution in [2.75, 3.05) is 33.3 Å². The van der Waals surface area contributed by atoms with Crippen LogP contribution in [0.4, 0.5) is 0 Å². The third-order valence-corrected chi connectivity index (χ3v) is 4.53. The van der Waals surface area contributed by atoms with Gasteiger partial charge in [-0.3, -0.25) is 14.4 Å². The summed E-state index contributed by atoms with van der Waals surface area (Å²) in [6.07, 6.45) is 5.28. The molecular weight excluding hydrogens is 286 g/mol. The van der Waals surface area contributed by atoms with Gasteiger partial charge >= 0.3 is 5.97 Å². The van der Waals surface area contributed by atoms with Gasteiger partial charge in [-0.2, -0.15) is 0 Å². The molecule has 1 aliphatic heterocycles. The molecule has 0 unspecified atom stereocenters. The SMILES string of the molecule is COC(=O)CC1(NCC(=O)N2CCNC(=O)C2)CCCCC1. The summed E-state index contributed by atoms with van der Waals surface area (Å²) in [5, 5.41) is 5.99. The maximum absolute atomic E-state index is 12.3. The van der Waals surface area contributed by atoms with Gasteiger partial charge in [0.25, 0.3) is 0 Å². The van der Waals surface area contributed by atoms with Crippen LogP contribution in [0, 0.1) is 0 Å². The molecule has 2 N–H and O–H groups in total. The molecule has 1 saturated carbocycles. The normalized spacial score (nSPS) is 21.1. The highest BCUT2D eigenvalue weighted by molar-refractivity contribution is 5.86. The smallest absolute Gasteiger partial charge is 0.307 e. The van der Waals surface area contributed by atoms with Crippen LogP contribution in [0.15, 0.2) is 0 Å². The van der Waals surface area contributed by atoms with Crippen LogP contribution in [-0.4, -0.2) is 61.5 Å². The van der Waals surface area contributed by atoms with Gasteiger partial charge in [-0.15, -0.1) is 0 Å². The number of rotatable bonds is 5. The predicted octanol–water partition coefficient (Wildman–Crippen LogP) is -0.200. The molecule has 7 heteroatoms.